The average Bonchev–Trinajstić information content (AvgIpc) is 3.73. The molecule has 0 atom stereocenters. The summed E-state index contributed by atoms with van der Waals surface area (Å²) in [5, 5.41) is 25.9. The van der Waals surface area contributed by atoms with E-state index in [4.69, 9.17) is 38.3 Å². The molecule has 27 nitrogen and oxygen atoms in total. The van der Waals surface area contributed by atoms with E-state index in [0.29, 0.717) is 41.1 Å². The summed E-state index contributed by atoms with van der Waals surface area (Å²) in [6.45, 7) is 10.6. The van der Waals surface area contributed by atoms with E-state index in [1.807, 2.05) is 150 Å². The molecule has 10 rings (SSSR count). The number of halogens is 1. The van der Waals surface area contributed by atoms with Crippen molar-refractivity contribution in [3.8, 4) is 11.9 Å². The van der Waals surface area contributed by atoms with Crippen molar-refractivity contribution < 1.29 is 85.6 Å². The maximum absolute atomic E-state index is 12.1. The van der Waals surface area contributed by atoms with Crippen LogP contribution in [0, 0.1) is 24.9 Å². The minimum atomic E-state index is -1.02. The Labute approximate surface area is 506 Å². The normalized spacial score (nSPS) is 9.70. The smallest absolute Gasteiger partial charge is 0.870 e. The standard InChI is InChI=1S/C15H16N4O2.C13H12N4O2.C8H7ClN2.C8H10N4.C7H10O4.C2H6O.CH4.H2N2.Na.2H2O.H2/c1-4-21-14(20)13-9-10(2)17-19(13)15-16-11-7-5-6-8-12(11)18(15)3;1-8-7-11(12(18)19)17(15-8)13-14-9-5-3-4-6-10(9)16(13)2;1-11-7-5-3-2-4-6(7)10-8(11)9;1-12-7-5-3-2-4-6(7)10-8(12)11-9;1-3-11-7(10)6(9)4-5(2)8;1-2-3;;1-2;;;;/h5-9H,4H2,1-3H3;3-7H,1-2H3,(H,18,19);2-5H,1H3;2-5H,9H2,1H3,(H,10,11);3-4H2,1-2H3;3H,2H2,1H3;1H4;1-2H;;2*1H2;1H/q;;;;;;;;+1;;;/p-1. The Balaban J connectivity index is 0. The number of ether oxygens (including phenoxy) is 2. The first-order valence-electron chi connectivity index (χ1n) is 24.2. The van der Waals surface area contributed by atoms with Crippen LogP contribution in [-0.4, -0.2) is 128 Å². The second kappa shape index (κ2) is 36.0. The van der Waals surface area contributed by atoms with E-state index in [1.54, 1.807) is 33.8 Å². The molecule has 0 aliphatic carbocycles. The average molecular weight is 1180 g/mol. The molecule has 0 spiro atoms. The van der Waals surface area contributed by atoms with Gasteiger partial charge in [-0.15, -0.1) is 0 Å². The molecule has 6 aromatic heterocycles. The molecule has 0 radical (unpaired) electrons. The number of rotatable bonds is 10. The molecule has 29 heteroatoms. The fourth-order valence-corrected chi connectivity index (χ4v) is 7.53. The van der Waals surface area contributed by atoms with Crippen molar-refractivity contribution in [2.45, 2.75) is 55.4 Å². The Bertz CT molecular complexity index is 3710. The monoisotopic (exact) mass is 1180 g/mol. The number of hydrazine groups is 1. The van der Waals surface area contributed by atoms with Gasteiger partial charge in [0.2, 0.25) is 28.9 Å². The molecular formula is C54H72ClN16NaO11. The van der Waals surface area contributed by atoms with E-state index in [-0.39, 0.29) is 80.5 Å². The number of nitrogens with one attached hydrogen (secondary N) is 3. The summed E-state index contributed by atoms with van der Waals surface area (Å²) in [6, 6.07) is 34.4. The van der Waals surface area contributed by atoms with E-state index >= 15 is 0 Å². The summed E-state index contributed by atoms with van der Waals surface area (Å²) in [7, 11) is 7.56. The number of carboxylic acids is 1. The van der Waals surface area contributed by atoms with Crippen LogP contribution >= 0.6 is 11.6 Å². The number of nitrogens with zero attached hydrogens (tertiary/aromatic N) is 12. The quantitative estimate of drug-likeness (QED) is 0.0206. The number of aromatic carboxylic acids is 1. The maximum atomic E-state index is 12.1. The Hall–Kier alpha value is -8.54. The van der Waals surface area contributed by atoms with Gasteiger partial charge in [-0.2, -0.15) is 19.6 Å². The molecule has 0 saturated carbocycles. The summed E-state index contributed by atoms with van der Waals surface area (Å²) in [4.78, 5) is 72.2. The molecule has 0 unspecified atom stereocenters. The summed E-state index contributed by atoms with van der Waals surface area (Å²) in [5.74, 6) is 3.59. The number of hydrogen-bond donors (Lipinski definition) is 6. The Morgan fingerprint density at radius 3 is 1.36 bits per heavy atom. The molecule has 0 saturated heterocycles. The van der Waals surface area contributed by atoms with Crippen LogP contribution in [0.15, 0.2) is 109 Å². The van der Waals surface area contributed by atoms with Crippen LogP contribution in [-0.2, 0) is 52.0 Å². The Morgan fingerprint density at radius 2 is 1.00 bits per heavy atom. The fourth-order valence-electron chi connectivity index (χ4n) is 7.35. The van der Waals surface area contributed by atoms with Crippen LogP contribution < -0.4 is 40.8 Å². The number of Topliss-reactive ketones (excluding diaryl/α,β-unsaturated/α-hetero) is 2. The number of carboxylic acid groups (broad SMARTS) is 1. The van der Waals surface area contributed by atoms with Crippen molar-refractivity contribution in [3.05, 3.63) is 137 Å². The number of carbonyl (C=O) groups is 5. The molecule has 0 bridgehead atoms. The SMILES string of the molecule is C.CCO.CCOC(=O)C(=O)CC(C)=O.CCOC(=O)c1cc(C)nn1-c1nc2ccccc2n1C.Cc1cc(C(=O)O)n(-c2nc3ccccc3n2C)n1.Cn1c(Cl)nc2ccccc21.Cn1c(NN)nc2ccccc21.N=N.O.[HH].[Na+].[OH-]. The van der Waals surface area contributed by atoms with Gasteiger partial charge in [0.05, 0.1) is 75.2 Å². The Morgan fingerprint density at radius 1 is 0.639 bits per heavy atom. The fraction of sp³-hybridized carbons (Fsp3) is 0.278. The van der Waals surface area contributed by atoms with E-state index in [2.05, 4.69) is 40.3 Å². The predicted octanol–water partition coefficient (Wildman–Crippen LogP) is 4.67. The predicted molar refractivity (Wildman–Crippen MR) is 312 cm³/mol. The van der Waals surface area contributed by atoms with Crippen molar-refractivity contribution in [2.24, 2.45) is 34.0 Å². The van der Waals surface area contributed by atoms with Gasteiger partial charge in [-0.25, -0.2) is 51.2 Å². The number of benzene rings is 4. The number of aromatic nitrogens is 12. The zero-order valence-corrected chi connectivity index (χ0v) is 50.0. The zero-order valence-electron chi connectivity index (χ0n) is 47.2. The number of para-hydroxylation sites is 8. The van der Waals surface area contributed by atoms with Gasteiger partial charge in [-0.1, -0.05) is 56.0 Å². The van der Waals surface area contributed by atoms with E-state index in [0.717, 1.165) is 49.8 Å². The van der Waals surface area contributed by atoms with Gasteiger partial charge in [-0.05, 0) is 114 Å². The second-order valence-electron chi connectivity index (χ2n) is 16.5. The number of imidazole rings is 4. The number of fused-ring (bicyclic) bond motifs is 4. The van der Waals surface area contributed by atoms with Crippen LogP contribution in [0.5, 0.6) is 0 Å². The number of carbonyl (C=O) groups excluding carboxylic acids is 4. The molecule has 0 aliphatic rings. The van der Waals surface area contributed by atoms with E-state index in [1.165, 1.54) is 22.4 Å². The third kappa shape index (κ3) is 19.3. The third-order valence-corrected chi connectivity index (χ3v) is 11.2. The number of nitrogens with two attached hydrogens (primary N) is 1. The molecule has 4 aromatic carbocycles. The minimum Gasteiger partial charge on any atom is -0.870 e. The van der Waals surface area contributed by atoms with Gasteiger partial charge < -0.3 is 48.9 Å². The summed E-state index contributed by atoms with van der Waals surface area (Å²) < 4.78 is 19.8. The summed E-state index contributed by atoms with van der Waals surface area (Å²) >= 11 is 5.80. The molecule has 10 aromatic rings. The molecule has 0 aliphatic heterocycles. The van der Waals surface area contributed by atoms with Gasteiger partial charge >= 0.3 is 47.5 Å². The molecule has 10 N–H and O–H groups in total. The van der Waals surface area contributed by atoms with E-state index < -0.39 is 23.7 Å². The maximum Gasteiger partial charge on any atom is 1.00 e. The number of aryl methyl sites for hydroxylation is 6. The first-order chi connectivity index (χ1) is 37.8. The second-order valence-corrected chi connectivity index (χ2v) is 16.8. The third-order valence-electron chi connectivity index (χ3n) is 10.8. The van der Waals surface area contributed by atoms with Crippen LogP contribution in [0.1, 0.15) is 75.3 Å². The van der Waals surface area contributed by atoms with Gasteiger partial charge in [0.1, 0.15) is 5.78 Å². The first kappa shape index (κ1) is 74.5. The molecule has 0 amide bonds. The van der Waals surface area contributed by atoms with Gasteiger partial charge in [0, 0.05) is 36.2 Å². The van der Waals surface area contributed by atoms with Crippen LogP contribution in [0.4, 0.5) is 5.95 Å². The number of esters is 2. The van der Waals surface area contributed by atoms with Crippen molar-refractivity contribution >= 4 is 91.2 Å². The Kier molecular flexibility index (Phi) is 32.3. The first-order valence-corrected chi connectivity index (χ1v) is 24.6. The number of aliphatic hydroxyl groups is 1. The summed E-state index contributed by atoms with van der Waals surface area (Å²) in [6.07, 6.45) is -0.362. The van der Waals surface area contributed by atoms with E-state index in [9.17, 15) is 29.1 Å². The molecule has 6 heterocycles. The zero-order chi connectivity index (χ0) is 58.5. The number of ketones is 2. The molecule has 83 heavy (non-hydrogen) atoms. The minimum absolute atomic E-state index is 0. The number of aliphatic hydroxyl groups excluding tert-OH is 1. The topological polar surface area (TPSA) is 398 Å². The van der Waals surface area contributed by atoms with Crippen molar-refractivity contribution in [2.75, 3.05) is 25.2 Å². The van der Waals surface area contributed by atoms with Crippen molar-refractivity contribution in [3.63, 3.8) is 0 Å². The molecular weight excluding hydrogens is 1110 g/mol. The number of hydrogen-bond acceptors (Lipinski definition) is 19. The number of anilines is 1. The number of nitrogen functional groups attached to an aromatic ring is 1. The van der Waals surface area contributed by atoms with Crippen molar-refractivity contribution in [1.82, 2.24) is 57.8 Å². The van der Waals surface area contributed by atoms with Crippen LogP contribution in [0.3, 0.4) is 0 Å². The van der Waals surface area contributed by atoms with Crippen LogP contribution in [0.25, 0.3) is 56.0 Å². The molecule has 0 fully saturated rings. The van der Waals surface area contributed by atoms with Gasteiger partial charge in [0.25, 0.3) is 0 Å². The largest absolute Gasteiger partial charge is 1.00 e. The molecule has 442 valence electrons. The van der Waals surface area contributed by atoms with Gasteiger partial charge in [-0.3, -0.25) is 15.0 Å². The summed E-state index contributed by atoms with van der Waals surface area (Å²) in [5.41, 5.74) is 22.0. The van der Waals surface area contributed by atoms with Crippen molar-refractivity contribution in [1.29, 1.82) is 11.1 Å². The van der Waals surface area contributed by atoms with Gasteiger partial charge in [0.15, 0.2) is 11.4 Å². The van der Waals surface area contributed by atoms with Crippen LogP contribution in [0.2, 0.25) is 5.28 Å².